The average Bonchev–Trinajstić information content (AvgIpc) is 2.38. The smallest absolute Gasteiger partial charge is 0.243 e. The third-order valence-corrected chi connectivity index (χ3v) is 4.71. The molecule has 0 saturated heterocycles. The molecule has 0 amide bonds. The molecule has 0 aliphatic carbocycles. The fourth-order valence-corrected chi connectivity index (χ4v) is 3.27. The Labute approximate surface area is 129 Å². The molecule has 0 spiro atoms. The number of nitrogens with two attached hydrogens (primary N) is 1. The fraction of sp³-hybridized carbons (Fsp3) is 0.538. The summed E-state index contributed by atoms with van der Waals surface area (Å²) in [5.74, 6) is -1.01. The largest absolute Gasteiger partial charge is 0.399 e. The molecule has 0 unspecified atom stereocenters. The number of ether oxygens (including phenoxy) is 1. The van der Waals surface area contributed by atoms with Gasteiger partial charge in [-0.05, 0) is 24.0 Å². The van der Waals surface area contributed by atoms with E-state index in [2.05, 4.69) is 4.72 Å². The first-order valence-electron chi connectivity index (χ1n) is 6.32. The minimum atomic E-state index is -4.02. The van der Waals surface area contributed by atoms with Crippen LogP contribution in [-0.2, 0) is 14.8 Å². The molecule has 21 heavy (non-hydrogen) atoms. The summed E-state index contributed by atoms with van der Waals surface area (Å²) in [6.07, 6.45) is 0.659. The van der Waals surface area contributed by atoms with Crippen molar-refractivity contribution in [2.75, 3.05) is 26.0 Å². The van der Waals surface area contributed by atoms with Crippen LogP contribution in [0.3, 0.4) is 0 Å². The highest BCUT2D eigenvalue weighted by atomic mass is 35.5. The summed E-state index contributed by atoms with van der Waals surface area (Å²) in [5.41, 5.74) is 5.27. The van der Waals surface area contributed by atoms with Gasteiger partial charge in [0.1, 0.15) is 4.90 Å². The third-order valence-electron chi connectivity index (χ3n) is 3.03. The molecular formula is C13H20ClFN2O3S. The van der Waals surface area contributed by atoms with E-state index in [4.69, 9.17) is 22.1 Å². The second-order valence-corrected chi connectivity index (χ2v) is 7.69. The molecule has 0 bridgehead atoms. The summed E-state index contributed by atoms with van der Waals surface area (Å²) >= 11 is 5.62. The molecule has 0 fully saturated rings. The molecule has 5 nitrogen and oxygen atoms in total. The molecule has 1 aromatic rings. The maximum Gasteiger partial charge on any atom is 0.243 e. The van der Waals surface area contributed by atoms with E-state index >= 15 is 0 Å². The summed E-state index contributed by atoms with van der Waals surface area (Å²) in [7, 11) is -2.45. The zero-order valence-corrected chi connectivity index (χ0v) is 13.8. The molecule has 0 aromatic heterocycles. The van der Waals surface area contributed by atoms with Gasteiger partial charge in [0.25, 0.3) is 0 Å². The molecule has 8 heteroatoms. The topological polar surface area (TPSA) is 81.4 Å². The lowest BCUT2D eigenvalue weighted by Gasteiger charge is -2.24. The third kappa shape index (κ3) is 5.10. The number of anilines is 1. The van der Waals surface area contributed by atoms with Crippen molar-refractivity contribution in [3.63, 3.8) is 0 Å². The molecule has 0 atom stereocenters. The summed E-state index contributed by atoms with van der Waals surface area (Å²) in [4.78, 5) is -0.546. The van der Waals surface area contributed by atoms with Crippen LogP contribution in [-0.4, -0.2) is 28.7 Å². The molecule has 0 radical (unpaired) electrons. The van der Waals surface area contributed by atoms with Gasteiger partial charge in [0, 0.05) is 25.9 Å². The van der Waals surface area contributed by atoms with Crippen molar-refractivity contribution in [3.8, 4) is 0 Å². The standard InChI is InChI=1S/C13H20ClFN2O3S/c1-13(2,4-5-20-3)8-17-21(18,19)11-7-9(16)6-10(14)12(11)15/h6-7,17H,4-5,8,16H2,1-3H3. The van der Waals surface area contributed by atoms with Crippen LogP contribution in [0.25, 0.3) is 0 Å². The van der Waals surface area contributed by atoms with Gasteiger partial charge in [-0.25, -0.2) is 17.5 Å². The van der Waals surface area contributed by atoms with Crippen molar-refractivity contribution in [1.82, 2.24) is 4.72 Å². The Hall–Kier alpha value is -0.890. The fourth-order valence-electron chi connectivity index (χ4n) is 1.61. The minimum Gasteiger partial charge on any atom is -0.399 e. The van der Waals surface area contributed by atoms with Gasteiger partial charge in [0.15, 0.2) is 5.82 Å². The number of rotatable bonds is 7. The maximum absolute atomic E-state index is 13.9. The number of nitrogens with one attached hydrogen (secondary N) is 1. The highest BCUT2D eigenvalue weighted by molar-refractivity contribution is 7.89. The minimum absolute atomic E-state index is 0.0837. The van der Waals surface area contributed by atoms with Crippen LogP contribution in [0, 0.1) is 11.2 Å². The van der Waals surface area contributed by atoms with Crippen LogP contribution in [0.4, 0.5) is 10.1 Å². The second kappa shape index (κ2) is 6.91. The average molecular weight is 339 g/mol. The molecule has 0 saturated carbocycles. The quantitative estimate of drug-likeness (QED) is 0.748. The SMILES string of the molecule is COCCC(C)(C)CNS(=O)(=O)c1cc(N)cc(Cl)c1F. The number of methoxy groups -OCH3 is 1. The van der Waals surface area contributed by atoms with Crippen molar-refractivity contribution in [1.29, 1.82) is 0 Å². The normalized spacial score (nSPS) is 12.6. The van der Waals surface area contributed by atoms with Gasteiger partial charge in [0.05, 0.1) is 5.02 Å². The molecule has 0 aliphatic rings. The Morgan fingerprint density at radius 3 is 2.62 bits per heavy atom. The number of nitrogen functional groups attached to an aromatic ring is 1. The van der Waals surface area contributed by atoms with Gasteiger partial charge < -0.3 is 10.5 Å². The molecule has 1 aromatic carbocycles. The van der Waals surface area contributed by atoms with Crippen molar-refractivity contribution in [2.24, 2.45) is 5.41 Å². The number of hydrogen-bond acceptors (Lipinski definition) is 4. The molecule has 1 rings (SSSR count). The van der Waals surface area contributed by atoms with E-state index in [-0.39, 0.29) is 22.7 Å². The predicted octanol–water partition coefficient (Wildman–Crippen LogP) is 2.40. The van der Waals surface area contributed by atoms with Crippen LogP contribution < -0.4 is 10.5 Å². The first-order chi connectivity index (χ1) is 9.59. The summed E-state index contributed by atoms with van der Waals surface area (Å²) in [6, 6.07) is 2.21. The Morgan fingerprint density at radius 1 is 1.43 bits per heavy atom. The predicted molar refractivity (Wildman–Crippen MR) is 81.3 cm³/mol. The van der Waals surface area contributed by atoms with Gasteiger partial charge in [-0.15, -0.1) is 0 Å². The van der Waals surface area contributed by atoms with E-state index in [1.807, 2.05) is 13.8 Å². The molecule has 0 heterocycles. The van der Waals surface area contributed by atoms with E-state index in [9.17, 15) is 12.8 Å². The van der Waals surface area contributed by atoms with Crippen molar-refractivity contribution in [2.45, 2.75) is 25.2 Å². The molecule has 0 aliphatic heterocycles. The first-order valence-corrected chi connectivity index (χ1v) is 8.18. The van der Waals surface area contributed by atoms with Crippen LogP contribution in [0.2, 0.25) is 5.02 Å². The number of sulfonamides is 1. The van der Waals surface area contributed by atoms with Gasteiger partial charge in [-0.1, -0.05) is 25.4 Å². The van der Waals surface area contributed by atoms with Crippen molar-refractivity contribution < 1.29 is 17.5 Å². The zero-order chi connectivity index (χ0) is 16.3. The monoisotopic (exact) mass is 338 g/mol. The number of benzene rings is 1. The lowest BCUT2D eigenvalue weighted by Crippen LogP contribution is -2.35. The van der Waals surface area contributed by atoms with E-state index in [1.54, 1.807) is 7.11 Å². The highest BCUT2D eigenvalue weighted by Gasteiger charge is 2.25. The van der Waals surface area contributed by atoms with E-state index in [1.165, 1.54) is 6.07 Å². The van der Waals surface area contributed by atoms with E-state index < -0.39 is 20.7 Å². The molecule has 3 N–H and O–H groups in total. The molecular weight excluding hydrogens is 319 g/mol. The lowest BCUT2D eigenvalue weighted by atomic mass is 9.90. The lowest BCUT2D eigenvalue weighted by molar-refractivity contribution is 0.153. The summed E-state index contributed by atoms with van der Waals surface area (Å²) in [5, 5.41) is -0.325. The van der Waals surface area contributed by atoms with Gasteiger partial charge in [-0.3, -0.25) is 0 Å². The number of halogens is 2. The first kappa shape index (κ1) is 18.2. The van der Waals surface area contributed by atoms with Crippen molar-refractivity contribution >= 4 is 27.3 Å². The molecule has 120 valence electrons. The Balaban J connectivity index is 2.93. The van der Waals surface area contributed by atoms with Gasteiger partial charge in [-0.2, -0.15) is 0 Å². The summed E-state index contributed by atoms with van der Waals surface area (Å²) < 4.78 is 45.6. The van der Waals surface area contributed by atoms with E-state index in [0.29, 0.717) is 13.0 Å². The van der Waals surface area contributed by atoms with Crippen LogP contribution in [0.1, 0.15) is 20.3 Å². The van der Waals surface area contributed by atoms with Crippen LogP contribution >= 0.6 is 11.6 Å². The Morgan fingerprint density at radius 2 is 2.05 bits per heavy atom. The van der Waals surface area contributed by atoms with Crippen LogP contribution in [0.5, 0.6) is 0 Å². The maximum atomic E-state index is 13.9. The Bertz CT molecular complexity index is 606. The van der Waals surface area contributed by atoms with Gasteiger partial charge >= 0.3 is 0 Å². The second-order valence-electron chi connectivity index (χ2n) is 5.55. The Kier molecular flexibility index (Phi) is 5.98. The summed E-state index contributed by atoms with van der Waals surface area (Å²) in [6.45, 7) is 4.42. The highest BCUT2D eigenvalue weighted by Crippen LogP contribution is 2.26. The van der Waals surface area contributed by atoms with Crippen molar-refractivity contribution in [3.05, 3.63) is 23.0 Å². The number of hydrogen-bond donors (Lipinski definition) is 2. The zero-order valence-electron chi connectivity index (χ0n) is 12.2. The van der Waals surface area contributed by atoms with Gasteiger partial charge in [0.2, 0.25) is 10.0 Å². The van der Waals surface area contributed by atoms with Crippen LogP contribution in [0.15, 0.2) is 17.0 Å². The van der Waals surface area contributed by atoms with E-state index in [0.717, 1.165) is 6.07 Å².